The summed E-state index contributed by atoms with van der Waals surface area (Å²) in [4.78, 5) is 19.6. The first-order chi connectivity index (χ1) is 16.2. The molecule has 0 unspecified atom stereocenters. The Morgan fingerprint density at radius 1 is 0.824 bits per heavy atom. The maximum Gasteiger partial charge on any atom is 0.186 e. The second-order valence-corrected chi connectivity index (χ2v) is 9.45. The van der Waals surface area contributed by atoms with Gasteiger partial charge in [0, 0.05) is 37.9 Å². The van der Waals surface area contributed by atoms with Crippen molar-refractivity contribution in [1.82, 2.24) is 9.80 Å². The number of carbonyl (C=O) groups excluding carboxylic acids is 1. The first-order valence-corrected chi connectivity index (χ1v) is 11.8. The third-order valence-electron chi connectivity index (χ3n) is 5.92. The van der Waals surface area contributed by atoms with Gasteiger partial charge in [0.2, 0.25) is 0 Å². The molecule has 0 saturated heterocycles. The normalized spacial score (nSPS) is 11.5. The molecule has 3 rings (SSSR count). The van der Waals surface area contributed by atoms with Crippen molar-refractivity contribution in [2.24, 2.45) is 0 Å². The summed E-state index contributed by atoms with van der Waals surface area (Å²) in [5, 5.41) is 0. The third-order valence-corrected chi connectivity index (χ3v) is 5.92. The first-order valence-electron chi connectivity index (χ1n) is 11.8. The fourth-order valence-electron chi connectivity index (χ4n) is 3.98. The molecule has 4 heteroatoms. The quantitative estimate of drug-likeness (QED) is 0.293. The standard InChI is InChI=1S/C30H37N3O/c1-23-11-7-9-13-28(23)26-19-24(20-27(21-26)33(6)18-17-31(2)3)15-16-30(34)29-14-10-8-12-25(29)22-32(4)5/h7-16,19-21H,17-18,22H2,1-6H3/b16-15+. The van der Waals surface area contributed by atoms with Crippen LogP contribution < -0.4 is 4.90 Å². The Balaban J connectivity index is 1.96. The van der Waals surface area contributed by atoms with Gasteiger partial charge in [-0.2, -0.15) is 0 Å². The summed E-state index contributed by atoms with van der Waals surface area (Å²) >= 11 is 0. The lowest BCUT2D eigenvalue weighted by Gasteiger charge is -2.23. The number of anilines is 1. The van der Waals surface area contributed by atoms with E-state index in [1.54, 1.807) is 6.08 Å². The topological polar surface area (TPSA) is 26.8 Å². The zero-order chi connectivity index (χ0) is 24.7. The summed E-state index contributed by atoms with van der Waals surface area (Å²) in [6.07, 6.45) is 3.65. The van der Waals surface area contributed by atoms with Crippen molar-refractivity contribution in [3.05, 3.63) is 95.1 Å². The van der Waals surface area contributed by atoms with E-state index in [1.807, 2.05) is 44.4 Å². The molecule has 0 aliphatic heterocycles. The van der Waals surface area contributed by atoms with Crippen LogP contribution in [0, 0.1) is 6.92 Å². The third kappa shape index (κ3) is 6.89. The minimum atomic E-state index is 0.0289. The van der Waals surface area contributed by atoms with Gasteiger partial charge in [0.15, 0.2) is 5.78 Å². The van der Waals surface area contributed by atoms with Crippen LogP contribution in [0.3, 0.4) is 0 Å². The maximum atomic E-state index is 13.1. The molecular formula is C30H37N3O. The molecule has 0 radical (unpaired) electrons. The van der Waals surface area contributed by atoms with Gasteiger partial charge in [-0.05, 0) is 87.2 Å². The lowest BCUT2D eigenvalue weighted by atomic mass is 9.97. The summed E-state index contributed by atoms with van der Waals surface area (Å²) < 4.78 is 0. The molecule has 0 atom stereocenters. The van der Waals surface area contributed by atoms with E-state index in [0.717, 1.165) is 47.6 Å². The van der Waals surface area contributed by atoms with Crippen LogP contribution in [0.4, 0.5) is 5.69 Å². The van der Waals surface area contributed by atoms with Crippen molar-refractivity contribution >= 4 is 17.5 Å². The molecule has 0 fully saturated rings. The first kappa shape index (κ1) is 25.4. The van der Waals surface area contributed by atoms with Gasteiger partial charge in [0.05, 0.1) is 0 Å². The highest BCUT2D eigenvalue weighted by Gasteiger charge is 2.11. The van der Waals surface area contributed by atoms with Gasteiger partial charge in [-0.15, -0.1) is 0 Å². The molecule has 0 aliphatic rings. The molecule has 0 N–H and O–H groups in total. The Hall–Kier alpha value is -3.21. The summed E-state index contributed by atoms with van der Waals surface area (Å²) in [5.41, 5.74) is 7.56. The van der Waals surface area contributed by atoms with E-state index in [9.17, 15) is 4.79 Å². The monoisotopic (exact) mass is 455 g/mol. The van der Waals surface area contributed by atoms with Crippen molar-refractivity contribution in [3.63, 3.8) is 0 Å². The Morgan fingerprint density at radius 2 is 1.53 bits per heavy atom. The number of likely N-dealkylation sites (N-methyl/N-ethyl adjacent to an activating group) is 2. The molecule has 0 spiro atoms. The number of carbonyl (C=O) groups is 1. The van der Waals surface area contributed by atoms with Crippen molar-refractivity contribution in [3.8, 4) is 11.1 Å². The van der Waals surface area contributed by atoms with Crippen LogP contribution in [-0.2, 0) is 6.54 Å². The van der Waals surface area contributed by atoms with E-state index in [2.05, 4.69) is 85.2 Å². The van der Waals surface area contributed by atoms with Crippen LogP contribution >= 0.6 is 0 Å². The summed E-state index contributed by atoms with van der Waals surface area (Å²) in [5.74, 6) is 0.0289. The number of rotatable bonds is 10. The van der Waals surface area contributed by atoms with E-state index < -0.39 is 0 Å². The van der Waals surface area contributed by atoms with E-state index in [4.69, 9.17) is 0 Å². The number of ketones is 1. The highest BCUT2D eigenvalue weighted by Crippen LogP contribution is 2.29. The van der Waals surface area contributed by atoms with Crippen molar-refractivity contribution < 1.29 is 4.79 Å². The Labute approximate surface area is 205 Å². The maximum absolute atomic E-state index is 13.1. The Morgan fingerprint density at radius 3 is 2.24 bits per heavy atom. The minimum absolute atomic E-state index is 0.0289. The molecule has 3 aromatic rings. The van der Waals surface area contributed by atoms with Gasteiger partial charge >= 0.3 is 0 Å². The zero-order valence-electron chi connectivity index (χ0n) is 21.4. The molecule has 0 amide bonds. The average molecular weight is 456 g/mol. The molecule has 0 saturated carbocycles. The molecule has 0 bridgehead atoms. The smallest absolute Gasteiger partial charge is 0.186 e. The van der Waals surface area contributed by atoms with Crippen LogP contribution in [0.25, 0.3) is 17.2 Å². The number of nitrogens with zero attached hydrogens (tertiary/aromatic N) is 3. The molecule has 3 aromatic carbocycles. The van der Waals surface area contributed by atoms with Crippen molar-refractivity contribution in [2.45, 2.75) is 13.5 Å². The zero-order valence-corrected chi connectivity index (χ0v) is 21.4. The van der Waals surface area contributed by atoms with Crippen LogP contribution in [0.5, 0.6) is 0 Å². The molecule has 0 aliphatic carbocycles. The van der Waals surface area contributed by atoms with Gasteiger partial charge < -0.3 is 14.7 Å². The number of hydrogen-bond acceptors (Lipinski definition) is 4. The fraction of sp³-hybridized carbons (Fsp3) is 0.300. The van der Waals surface area contributed by atoms with Crippen LogP contribution in [0.15, 0.2) is 72.8 Å². The predicted molar refractivity (Wildman–Crippen MR) is 146 cm³/mol. The average Bonchev–Trinajstić information content (AvgIpc) is 2.81. The number of allylic oxidation sites excluding steroid dienone is 1. The van der Waals surface area contributed by atoms with Crippen LogP contribution in [0.1, 0.15) is 27.0 Å². The molecule has 0 heterocycles. The van der Waals surface area contributed by atoms with Crippen molar-refractivity contribution in [1.29, 1.82) is 0 Å². The van der Waals surface area contributed by atoms with E-state index >= 15 is 0 Å². The lowest BCUT2D eigenvalue weighted by Crippen LogP contribution is -2.28. The Kier molecular flexibility index (Phi) is 8.80. The summed E-state index contributed by atoms with van der Waals surface area (Å²) in [7, 11) is 10.3. The number of hydrogen-bond donors (Lipinski definition) is 0. The fourth-order valence-corrected chi connectivity index (χ4v) is 3.98. The highest BCUT2D eigenvalue weighted by atomic mass is 16.1. The molecule has 34 heavy (non-hydrogen) atoms. The van der Waals surface area contributed by atoms with Gasteiger partial charge in [0.1, 0.15) is 0 Å². The van der Waals surface area contributed by atoms with E-state index in [1.165, 1.54) is 11.1 Å². The van der Waals surface area contributed by atoms with Gasteiger partial charge in [0.25, 0.3) is 0 Å². The SMILES string of the molecule is Cc1ccccc1-c1cc(/C=C/C(=O)c2ccccc2CN(C)C)cc(N(C)CCN(C)C)c1. The second-order valence-electron chi connectivity index (χ2n) is 9.45. The molecular weight excluding hydrogens is 418 g/mol. The van der Waals surface area contributed by atoms with Crippen LogP contribution in [0.2, 0.25) is 0 Å². The van der Waals surface area contributed by atoms with E-state index in [0.29, 0.717) is 0 Å². The van der Waals surface area contributed by atoms with Crippen molar-refractivity contribution in [2.75, 3.05) is 53.2 Å². The number of benzene rings is 3. The highest BCUT2D eigenvalue weighted by molar-refractivity contribution is 6.07. The molecule has 178 valence electrons. The van der Waals surface area contributed by atoms with E-state index in [-0.39, 0.29) is 5.78 Å². The Bertz CT molecular complexity index is 1150. The largest absolute Gasteiger partial charge is 0.373 e. The van der Waals surface area contributed by atoms with Gasteiger partial charge in [-0.25, -0.2) is 0 Å². The summed E-state index contributed by atoms with van der Waals surface area (Å²) in [6.45, 7) is 4.76. The van der Waals surface area contributed by atoms with Gasteiger partial charge in [-0.3, -0.25) is 4.79 Å². The number of aryl methyl sites for hydroxylation is 1. The molecule has 4 nitrogen and oxygen atoms in total. The lowest BCUT2D eigenvalue weighted by molar-refractivity contribution is 0.104. The predicted octanol–water partition coefficient (Wildman–Crippen LogP) is 5.62. The molecule has 0 aromatic heterocycles. The minimum Gasteiger partial charge on any atom is -0.373 e. The summed E-state index contributed by atoms with van der Waals surface area (Å²) in [6, 6.07) is 22.9. The van der Waals surface area contributed by atoms with Crippen LogP contribution in [-0.4, -0.2) is 63.9 Å². The second kappa shape index (κ2) is 11.8. The van der Waals surface area contributed by atoms with Gasteiger partial charge in [-0.1, -0.05) is 54.6 Å².